The summed E-state index contributed by atoms with van der Waals surface area (Å²) in [6.45, 7) is 1.65. The van der Waals surface area contributed by atoms with Gasteiger partial charge in [0.1, 0.15) is 31.6 Å². The number of nitrogens with zero attached hydrogens (tertiary/aromatic N) is 2. The van der Waals surface area contributed by atoms with E-state index >= 15 is 0 Å². The Morgan fingerprint density at radius 3 is 2.35 bits per heavy atom. The van der Waals surface area contributed by atoms with E-state index in [0.29, 0.717) is 33.2 Å². The summed E-state index contributed by atoms with van der Waals surface area (Å²) in [5.74, 6) is 0. The Labute approximate surface area is 219 Å². The lowest BCUT2D eigenvalue weighted by molar-refractivity contribution is -0.686. The standard InChI is InChI=1S/C27H23Cl4N2O/c28-22-9-8-21(25(30)15-22)18-34-27(24-11-10-23(29)16-26(24)31)17-33-14-13-32(19-33)12-4-7-20-5-2-1-3-6-20/h1-11,13-16,19,27H,12,17-18H2/q+1. The van der Waals surface area contributed by atoms with Gasteiger partial charge in [0.05, 0.1) is 6.61 Å². The molecule has 0 amide bonds. The Balaban J connectivity index is 1.48. The average Bonchev–Trinajstić information content (AvgIpc) is 3.26. The molecule has 1 heterocycles. The summed E-state index contributed by atoms with van der Waals surface area (Å²) in [6.07, 6.45) is 10.0. The number of benzene rings is 3. The van der Waals surface area contributed by atoms with Gasteiger partial charge in [0.2, 0.25) is 6.33 Å². The summed E-state index contributed by atoms with van der Waals surface area (Å²) in [7, 11) is 0. The molecule has 3 nitrogen and oxygen atoms in total. The van der Waals surface area contributed by atoms with Gasteiger partial charge in [-0.1, -0.05) is 94.9 Å². The zero-order valence-electron chi connectivity index (χ0n) is 18.3. The van der Waals surface area contributed by atoms with Gasteiger partial charge in [-0.25, -0.2) is 9.13 Å². The molecule has 0 saturated carbocycles. The van der Waals surface area contributed by atoms with Gasteiger partial charge in [0.15, 0.2) is 0 Å². The van der Waals surface area contributed by atoms with Crippen molar-refractivity contribution in [3.63, 3.8) is 0 Å². The van der Waals surface area contributed by atoms with Gasteiger partial charge in [0, 0.05) is 25.7 Å². The van der Waals surface area contributed by atoms with E-state index in [9.17, 15) is 0 Å². The maximum absolute atomic E-state index is 6.52. The largest absolute Gasteiger partial charge is 0.365 e. The number of ether oxygens (including phenoxy) is 1. The molecule has 7 heteroatoms. The molecule has 0 saturated heterocycles. The van der Waals surface area contributed by atoms with Crippen molar-refractivity contribution >= 4 is 52.5 Å². The van der Waals surface area contributed by atoms with Gasteiger partial charge in [-0.2, -0.15) is 0 Å². The van der Waals surface area contributed by atoms with E-state index in [0.717, 1.165) is 17.7 Å². The first-order valence-electron chi connectivity index (χ1n) is 10.7. The smallest absolute Gasteiger partial charge is 0.244 e. The van der Waals surface area contributed by atoms with Crippen LogP contribution >= 0.6 is 46.4 Å². The predicted molar refractivity (Wildman–Crippen MR) is 141 cm³/mol. The predicted octanol–water partition coefficient (Wildman–Crippen LogP) is 8.06. The molecule has 0 spiro atoms. The van der Waals surface area contributed by atoms with Crippen LogP contribution in [0.4, 0.5) is 0 Å². The van der Waals surface area contributed by atoms with E-state index in [1.54, 1.807) is 18.2 Å². The van der Waals surface area contributed by atoms with Crippen molar-refractivity contribution in [3.05, 3.63) is 128 Å². The Morgan fingerprint density at radius 2 is 1.62 bits per heavy atom. The highest BCUT2D eigenvalue weighted by Gasteiger charge is 2.20. The first-order chi connectivity index (χ1) is 16.5. The van der Waals surface area contributed by atoms with E-state index in [1.807, 2.05) is 55.1 Å². The third-order valence-electron chi connectivity index (χ3n) is 5.31. The van der Waals surface area contributed by atoms with Gasteiger partial charge in [-0.15, -0.1) is 0 Å². The van der Waals surface area contributed by atoms with E-state index < -0.39 is 0 Å². The van der Waals surface area contributed by atoms with E-state index in [1.165, 1.54) is 5.56 Å². The second kappa shape index (κ2) is 11.9. The van der Waals surface area contributed by atoms with Crippen LogP contribution in [0.3, 0.4) is 0 Å². The molecule has 0 bridgehead atoms. The fraction of sp³-hybridized carbons (Fsp3) is 0.148. The molecule has 0 fully saturated rings. The minimum atomic E-state index is -0.308. The fourth-order valence-electron chi connectivity index (χ4n) is 3.55. The molecule has 4 aromatic rings. The zero-order chi connectivity index (χ0) is 23.9. The van der Waals surface area contributed by atoms with Crippen LogP contribution in [0.25, 0.3) is 6.08 Å². The normalized spacial score (nSPS) is 12.4. The molecule has 0 aliphatic rings. The number of aromatic nitrogens is 2. The van der Waals surface area contributed by atoms with Gasteiger partial charge in [0.25, 0.3) is 0 Å². The van der Waals surface area contributed by atoms with Crippen LogP contribution in [-0.2, 0) is 24.4 Å². The van der Waals surface area contributed by atoms with E-state index in [4.69, 9.17) is 51.1 Å². The lowest BCUT2D eigenvalue weighted by Crippen LogP contribution is -2.30. The number of rotatable bonds is 9. The van der Waals surface area contributed by atoms with Crippen molar-refractivity contribution in [1.82, 2.24) is 4.57 Å². The average molecular weight is 533 g/mol. The molecule has 0 N–H and O–H groups in total. The van der Waals surface area contributed by atoms with Crippen molar-refractivity contribution in [1.29, 1.82) is 0 Å². The molecular weight excluding hydrogens is 510 g/mol. The Hall–Kier alpha value is -2.27. The Kier molecular flexibility index (Phi) is 8.71. The maximum atomic E-state index is 6.52. The third-order valence-corrected chi connectivity index (χ3v) is 6.46. The minimum absolute atomic E-state index is 0.308. The summed E-state index contributed by atoms with van der Waals surface area (Å²) < 4.78 is 10.5. The van der Waals surface area contributed by atoms with Crippen molar-refractivity contribution < 1.29 is 9.30 Å². The van der Waals surface area contributed by atoms with Gasteiger partial charge < -0.3 is 4.74 Å². The number of allylic oxidation sites excluding steroid dienone is 1. The van der Waals surface area contributed by atoms with Crippen LogP contribution in [0.2, 0.25) is 20.1 Å². The van der Waals surface area contributed by atoms with Crippen molar-refractivity contribution in [3.8, 4) is 0 Å². The molecule has 34 heavy (non-hydrogen) atoms. The van der Waals surface area contributed by atoms with Crippen LogP contribution in [0.1, 0.15) is 22.8 Å². The molecule has 1 atom stereocenters. The van der Waals surface area contributed by atoms with Crippen LogP contribution in [0.5, 0.6) is 0 Å². The van der Waals surface area contributed by atoms with Gasteiger partial charge in [-0.3, -0.25) is 0 Å². The summed E-state index contributed by atoms with van der Waals surface area (Å²) in [6, 6.07) is 21.1. The van der Waals surface area contributed by atoms with E-state index in [-0.39, 0.29) is 6.10 Å². The summed E-state index contributed by atoms with van der Waals surface area (Å²) in [5.41, 5.74) is 2.89. The minimum Gasteiger partial charge on any atom is -0.365 e. The number of hydrogen-bond acceptors (Lipinski definition) is 1. The highest BCUT2D eigenvalue weighted by atomic mass is 35.5. The number of imidazole rings is 1. The molecule has 0 aliphatic carbocycles. The first-order valence-corrected chi connectivity index (χ1v) is 12.3. The molecular formula is C27H23Cl4N2O+. The van der Waals surface area contributed by atoms with Gasteiger partial charge in [-0.05, 0) is 41.5 Å². The van der Waals surface area contributed by atoms with Crippen molar-refractivity contribution in [2.24, 2.45) is 0 Å². The zero-order valence-corrected chi connectivity index (χ0v) is 21.3. The second-order valence-electron chi connectivity index (χ2n) is 7.82. The van der Waals surface area contributed by atoms with Crippen molar-refractivity contribution in [2.45, 2.75) is 25.8 Å². The lowest BCUT2D eigenvalue weighted by Gasteiger charge is -2.19. The third kappa shape index (κ3) is 6.88. The summed E-state index contributed by atoms with van der Waals surface area (Å²) in [5, 5.41) is 2.30. The Morgan fingerprint density at radius 1 is 0.882 bits per heavy atom. The quantitative estimate of drug-likeness (QED) is 0.199. The SMILES string of the molecule is Clc1ccc(COC(Cn2cc[n+](CC=Cc3ccccc3)c2)c2ccc(Cl)cc2Cl)c(Cl)c1. The number of hydrogen-bond donors (Lipinski definition) is 0. The molecule has 0 aliphatic heterocycles. The molecule has 1 aromatic heterocycles. The molecule has 4 rings (SSSR count). The Bertz CT molecular complexity index is 1270. The topological polar surface area (TPSA) is 18.0 Å². The second-order valence-corrected chi connectivity index (χ2v) is 9.51. The monoisotopic (exact) mass is 531 g/mol. The highest BCUT2D eigenvalue weighted by molar-refractivity contribution is 6.35. The lowest BCUT2D eigenvalue weighted by atomic mass is 10.1. The molecule has 3 aromatic carbocycles. The van der Waals surface area contributed by atoms with Crippen molar-refractivity contribution in [2.75, 3.05) is 0 Å². The van der Waals surface area contributed by atoms with Gasteiger partial charge >= 0.3 is 0 Å². The molecule has 1 unspecified atom stereocenters. The molecule has 174 valence electrons. The summed E-state index contributed by atoms with van der Waals surface area (Å²) in [4.78, 5) is 0. The maximum Gasteiger partial charge on any atom is 0.244 e. The van der Waals surface area contributed by atoms with Crippen LogP contribution < -0.4 is 4.57 Å². The molecule has 0 radical (unpaired) electrons. The van der Waals surface area contributed by atoms with Crippen LogP contribution in [0, 0.1) is 0 Å². The van der Waals surface area contributed by atoms with Crippen LogP contribution in [0.15, 0.2) is 91.5 Å². The number of halogens is 4. The van der Waals surface area contributed by atoms with E-state index in [2.05, 4.69) is 33.4 Å². The summed E-state index contributed by atoms with van der Waals surface area (Å²) >= 11 is 25.0. The first kappa shape index (κ1) is 24.8. The fourth-order valence-corrected chi connectivity index (χ4v) is 4.55. The highest BCUT2D eigenvalue weighted by Crippen LogP contribution is 2.31. The van der Waals surface area contributed by atoms with Crippen LogP contribution in [-0.4, -0.2) is 4.57 Å².